The van der Waals surface area contributed by atoms with Crippen LogP contribution in [0.1, 0.15) is 25.2 Å². The van der Waals surface area contributed by atoms with Crippen molar-refractivity contribution in [3.8, 4) is 17.3 Å². The van der Waals surface area contributed by atoms with E-state index in [9.17, 15) is 4.79 Å². The fourth-order valence-corrected chi connectivity index (χ4v) is 4.89. The maximum atomic E-state index is 13.6. The van der Waals surface area contributed by atoms with E-state index in [4.69, 9.17) is 14.5 Å². The van der Waals surface area contributed by atoms with Crippen molar-refractivity contribution in [2.24, 2.45) is 0 Å². The Kier molecular flexibility index (Phi) is 6.94. The summed E-state index contributed by atoms with van der Waals surface area (Å²) in [5.74, 6) is 1.14. The van der Waals surface area contributed by atoms with Crippen LogP contribution in [0, 0.1) is 13.8 Å². The third-order valence-electron chi connectivity index (χ3n) is 5.84. The zero-order valence-electron chi connectivity index (χ0n) is 19.7. The van der Waals surface area contributed by atoms with Crippen molar-refractivity contribution < 1.29 is 9.47 Å². The van der Waals surface area contributed by atoms with Crippen LogP contribution >= 0.6 is 11.3 Å². The highest BCUT2D eigenvalue weighted by Crippen LogP contribution is 2.27. The van der Waals surface area contributed by atoms with E-state index in [1.807, 2.05) is 39.1 Å². The number of thiazole rings is 1. The number of nitrogens with one attached hydrogen (secondary N) is 1. The Bertz CT molecular complexity index is 1160. The number of hydrogen-bond donors (Lipinski definition) is 1. The standard InChI is InChI=1S/C23H30N6O3S/c1-6-29-21(16-8-9-19(31-5)25-14(16)3)26-15(4)20(22(29)30)27-17-12-28(13-18(17)32-7-2)23-24-10-11-33-23/h8-11,17-18,27H,6-7,12-13H2,1-5H3/t17?,18-/m0/s1. The van der Waals surface area contributed by atoms with E-state index in [2.05, 4.69) is 20.2 Å². The monoisotopic (exact) mass is 470 g/mol. The predicted molar refractivity (Wildman–Crippen MR) is 131 cm³/mol. The highest BCUT2D eigenvalue weighted by Gasteiger charge is 2.35. The van der Waals surface area contributed by atoms with Crippen molar-refractivity contribution in [2.45, 2.75) is 46.4 Å². The van der Waals surface area contributed by atoms with Gasteiger partial charge in [-0.15, -0.1) is 11.3 Å². The average Bonchev–Trinajstić information content (AvgIpc) is 3.47. The minimum absolute atomic E-state index is 0.0532. The Balaban J connectivity index is 1.68. The van der Waals surface area contributed by atoms with Gasteiger partial charge in [-0.05, 0) is 33.8 Å². The molecule has 3 aromatic rings. The summed E-state index contributed by atoms with van der Waals surface area (Å²) >= 11 is 1.60. The average molecular weight is 471 g/mol. The van der Waals surface area contributed by atoms with Crippen LogP contribution in [-0.4, -0.2) is 58.5 Å². The van der Waals surface area contributed by atoms with Gasteiger partial charge in [0, 0.05) is 49.4 Å². The maximum absolute atomic E-state index is 13.6. The van der Waals surface area contributed by atoms with E-state index in [-0.39, 0.29) is 17.7 Å². The van der Waals surface area contributed by atoms with E-state index >= 15 is 0 Å². The molecule has 10 heteroatoms. The fourth-order valence-electron chi connectivity index (χ4n) is 4.22. The molecule has 1 fully saturated rings. The number of nitrogens with zero attached hydrogens (tertiary/aromatic N) is 5. The molecule has 0 amide bonds. The normalized spacial score (nSPS) is 18.0. The molecule has 176 valence electrons. The highest BCUT2D eigenvalue weighted by atomic mass is 32.1. The van der Waals surface area contributed by atoms with E-state index in [1.165, 1.54) is 0 Å². The number of anilines is 2. The third-order valence-corrected chi connectivity index (χ3v) is 6.68. The van der Waals surface area contributed by atoms with Crippen LogP contribution in [0.25, 0.3) is 11.4 Å². The van der Waals surface area contributed by atoms with Gasteiger partial charge < -0.3 is 19.7 Å². The molecule has 1 N–H and O–H groups in total. The quantitative estimate of drug-likeness (QED) is 0.537. The molecule has 3 aromatic heterocycles. The molecule has 0 aromatic carbocycles. The highest BCUT2D eigenvalue weighted by molar-refractivity contribution is 7.13. The summed E-state index contributed by atoms with van der Waals surface area (Å²) in [6.45, 7) is 10.2. The maximum Gasteiger partial charge on any atom is 0.277 e. The summed E-state index contributed by atoms with van der Waals surface area (Å²) in [6, 6.07) is 3.63. The lowest BCUT2D eigenvalue weighted by molar-refractivity contribution is 0.0720. The lowest BCUT2D eigenvalue weighted by Crippen LogP contribution is -2.38. The van der Waals surface area contributed by atoms with Crippen molar-refractivity contribution >= 4 is 22.2 Å². The molecule has 33 heavy (non-hydrogen) atoms. The molecule has 4 rings (SSSR count). The molecule has 4 heterocycles. The van der Waals surface area contributed by atoms with Crippen LogP contribution in [0.3, 0.4) is 0 Å². The number of methoxy groups -OCH3 is 1. The van der Waals surface area contributed by atoms with Crippen LogP contribution < -0.4 is 20.5 Å². The Morgan fingerprint density at radius 2 is 2.00 bits per heavy atom. The van der Waals surface area contributed by atoms with Gasteiger partial charge in [-0.3, -0.25) is 9.36 Å². The van der Waals surface area contributed by atoms with Gasteiger partial charge >= 0.3 is 0 Å². The first-order valence-corrected chi connectivity index (χ1v) is 12.0. The fraction of sp³-hybridized carbons (Fsp3) is 0.478. The SMILES string of the molecule is CCO[C@H]1CN(c2nccs2)CC1Nc1c(C)nc(-c2ccc(OC)nc2C)n(CC)c1=O. The summed E-state index contributed by atoms with van der Waals surface area (Å²) < 4.78 is 12.9. The van der Waals surface area contributed by atoms with Crippen LogP contribution in [0.5, 0.6) is 5.88 Å². The van der Waals surface area contributed by atoms with Crippen molar-refractivity contribution in [2.75, 3.05) is 37.0 Å². The Morgan fingerprint density at radius 3 is 2.64 bits per heavy atom. The largest absolute Gasteiger partial charge is 0.481 e. The third kappa shape index (κ3) is 4.58. The number of pyridine rings is 1. The van der Waals surface area contributed by atoms with Crippen molar-refractivity contribution in [3.05, 3.63) is 45.5 Å². The number of aryl methyl sites for hydroxylation is 2. The first-order chi connectivity index (χ1) is 16.0. The first-order valence-electron chi connectivity index (χ1n) is 11.1. The van der Waals surface area contributed by atoms with Crippen LogP contribution in [0.15, 0.2) is 28.5 Å². The number of ether oxygens (including phenoxy) is 2. The van der Waals surface area contributed by atoms with Crippen LogP contribution in [-0.2, 0) is 11.3 Å². The predicted octanol–water partition coefficient (Wildman–Crippen LogP) is 3.11. The van der Waals surface area contributed by atoms with Crippen LogP contribution in [0.4, 0.5) is 10.8 Å². The van der Waals surface area contributed by atoms with Crippen molar-refractivity contribution in [1.82, 2.24) is 19.5 Å². The molecular formula is C23H30N6O3S. The smallest absolute Gasteiger partial charge is 0.277 e. The van der Waals surface area contributed by atoms with Gasteiger partial charge in [-0.2, -0.15) is 0 Å². The zero-order chi connectivity index (χ0) is 23.5. The minimum atomic E-state index is -0.0989. The Hall–Kier alpha value is -2.98. The number of hydrogen-bond acceptors (Lipinski definition) is 9. The molecule has 1 saturated heterocycles. The second kappa shape index (κ2) is 9.88. The van der Waals surface area contributed by atoms with Gasteiger partial charge in [-0.25, -0.2) is 15.0 Å². The summed E-state index contributed by atoms with van der Waals surface area (Å²) in [4.78, 5) is 29.5. The van der Waals surface area contributed by atoms with Gasteiger partial charge in [0.25, 0.3) is 5.56 Å². The summed E-state index contributed by atoms with van der Waals surface area (Å²) in [7, 11) is 1.58. The molecule has 0 saturated carbocycles. The van der Waals surface area contributed by atoms with Crippen molar-refractivity contribution in [1.29, 1.82) is 0 Å². The first kappa shape index (κ1) is 23.2. The van der Waals surface area contributed by atoms with Crippen molar-refractivity contribution in [3.63, 3.8) is 0 Å². The topological polar surface area (TPSA) is 94.4 Å². The molecular weight excluding hydrogens is 440 g/mol. The lowest BCUT2D eigenvalue weighted by Gasteiger charge is -2.22. The molecule has 0 radical (unpaired) electrons. The molecule has 0 spiro atoms. The second-order valence-corrected chi connectivity index (χ2v) is 8.77. The van der Waals surface area contributed by atoms with Gasteiger partial charge in [0.15, 0.2) is 5.13 Å². The number of aromatic nitrogens is 4. The van der Waals surface area contributed by atoms with E-state index in [0.717, 1.165) is 22.9 Å². The summed E-state index contributed by atoms with van der Waals surface area (Å²) in [6.07, 6.45) is 1.75. The summed E-state index contributed by atoms with van der Waals surface area (Å²) in [5.41, 5.74) is 2.63. The van der Waals surface area contributed by atoms with Gasteiger partial charge in [-0.1, -0.05) is 0 Å². The lowest BCUT2D eigenvalue weighted by atomic mass is 10.1. The molecule has 9 nitrogen and oxygen atoms in total. The zero-order valence-corrected chi connectivity index (χ0v) is 20.5. The molecule has 1 aliphatic rings. The number of rotatable bonds is 8. The van der Waals surface area contributed by atoms with Gasteiger partial charge in [0.1, 0.15) is 11.5 Å². The molecule has 1 unspecified atom stereocenters. The van der Waals surface area contributed by atoms with E-state index < -0.39 is 0 Å². The van der Waals surface area contributed by atoms with Gasteiger partial charge in [0.05, 0.1) is 30.6 Å². The Morgan fingerprint density at radius 1 is 1.18 bits per heavy atom. The van der Waals surface area contributed by atoms with Gasteiger partial charge in [0.2, 0.25) is 5.88 Å². The van der Waals surface area contributed by atoms with Crippen LogP contribution in [0.2, 0.25) is 0 Å². The van der Waals surface area contributed by atoms with E-state index in [1.54, 1.807) is 35.3 Å². The molecule has 0 aliphatic carbocycles. The molecule has 1 aliphatic heterocycles. The molecule has 2 atom stereocenters. The summed E-state index contributed by atoms with van der Waals surface area (Å²) in [5, 5.41) is 6.40. The van der Waals surface area contributed by atoms with E-state index in [0.29, 0.717) is 42.8 Å². The second-order valence-electron chi connectivity index (χ2n) is 7.90. The molecule has 0 bridgehead atoms. The Labute approximate surface area is 197 Å². The minimum Gasteiger partial charge on any atom is -0.481 e.